The van der Waals surface area contributed by atoms with E-state index in [1.54, 1.807) is 0 Å². The minimum absolute atomic E-state index is 0.0332. The Bertz CT molecular complexity index is 650. The summed E-state index contributed by atoms with van der Waals surface area (Å²) in [6.45, 7) is 2.32. The third kappa shape index (κ3) is 3.57. The van der Waals surface area contributed by atoms with Crippen LogP contribution in [0.1, 0.15) is 44.1 Å². The lowest BCUT2D eigenvalue weighted by Crippen LogP contribution is -2.51. The molecule has 3 fully saturated rings. The highest BCUT2D eigenvalue weighted by Gasteiger charge is 2.43. The zero-order valence-electron chi connectivity index (χ0n) is 15.2. The molecule has 0 aromatic heterocycles. The summed E-state index contributed by atoms with van der Waals surface area (Å²) in [5, 5.41) is 9.31. The van der Waals surface area contributed by atoms with Gasteiger partial charge in [0.15, 0.2) is 6.19 Å². The van der Waals surface area contributed by atoms with Crippen LogP contribution in [0.5, 0.6) is 0 Å². The maximum atomic E-state index is 12.4. The SMILES string of the molecule is N#CN1[C@@H]2CC[C@H]1C[C@@H](N1CCC(C(=O)OCc3ccccc3)CC1)C2. The van der Waals surface area contributed by atoms with Crippen LogP contribution in [0.2, 0.25) is 0 Å². The molecular weight excluding hydrogens is 326 g/mol. The van der Waals surface area contributed by atoms with Gasteiger partial charge >= 0.3 is 5.97 Å². The summed E-state index contributed by atoms with van der Waals surface area (Å²) in [5.41, 5.74) is 1.04. The Morgan fingerprint density at radius 3 is 2.31 bits per heavy atom. The number of carbonyl (C=O) groups is 1. The average Bonchev–Trinajstić information content (AvgIpc) is 2.94. The predicted octanol–water partition coefficient (Wildman–Crippen LogP) is 2.92. The van der Waals surface area contributed by atoms with Gasteiger partial charge in [-0.1, -0.05) is 30.3 Å². The first kappa shape index (κ1) is 17.4. The molecule has 0 amide bonds. The van der Waals surface area contributed by atoms with E-state index in [0.29, 0.717) is 24.7 Å². The summed E-state index contributed by atoms with van der Waals surface area (Å²) in [6, 6.07) is 11.3. The first-order chi connectivity index (χ1) is 12.7. The lowest BCUT2D eigenvalue weighted by atomic mass is 9.91. The molecule has 0 spiro atoms. The standard InChI is InChI=1S/C21H27N3O2/c22-15-24-18-6-7-19(24)13-20(12-18)23-10-8-17(9-11-23)21(25)26-14-16-4-2-1-3-5-16/h1-5,17-20H,6-14H2/t18-,19+,20+. The van der Waals surface area contributed by atoms with Crippen molar-refractivity contribution in [1.82, 2.24) is 9.80 Å². The molecule has 3 heterocycles. The van der Waals surface area contributed by atoms with Crippen LogP contribution >= 0.6 is 0 Å². The Kier molecular flexibility index (Phi) is 5.12. The van der Waals surface area contributed by atoms with Gasteiger partial charge < -0.3 is 14.5 Å². The zero-order chi connectivity index (χ0) is 17.9. The van der Waals surface area contributed by atoms with Crippen LogP contribution in [0, 0.1) is 17.4 Å². The number of benzene rings is 1. The Labute approximate surface area is 155 Å². The molecule has 0 saturated carbocycles. The minimum atomic E-state index is -0.0483. The molecule has 3 aliphatic heterocycles. The molecule has 1 aromatic rings. The number of fused-ring (bicyclic) bond motifs is 2. The van der Waals surface area contributed by atoms with Gasteiger partial charge in [-0.15, -0.1) is 0 Å². The molecular formula is C21H27N3O2. The topological polar surface area (TPSA) is 56.6 Å². The number of carbonyl (C=O) groups excluding carboxylic acids is 1. The second-order valence-corrected chi connectivity index (χ2v) is 7.92. The quantitative estimate of drug-likeness (QED) is 0.615. The molecule has 0 N–H and O–H groups in total. The number of nitriles is 1. The summed E-state index contributed by atoms with van der Waals surface area (Å²) >= 11 is 0. The van der Waals surface area contributed by atoms with Crippen molar-refractivity contribution in [3.05, 3.63) is 35.9 Å². The van der Waals surface area contributed by atoms with Gasteiger partial charge in [0.05, 0.1) is 5.92 Å². The molecule has 2 bridgehead atoms. The minimum Gasteiger partial charge on any atom is -0.461 e. The number of hydrogen-bond donors (Lipinski definition) is 0. The van der Waals surface area contributed by atoms with E-state index in [1.165, 1.54) is 0 Å². The van der Waals surface area contributed by atoms with Gasteiger partial charge in [0, 0.05) is 18.1 Å². The van der Waals surface area contributed by atoms with Crippen LogP contribution in [0.4, 0.5) is 0 Å². The van der Waals surface area contributed by atoms with Gasteiger partial charge in [-0.3, -0.25) is 4.79 Å². The highest BCUT2D eigenvalue weighted by Crippen LogP contribution is 2.38. The Hall–Kier alpha value is -2.06. The molecule has 26 heavy (non-hydrogen) atoms. The Morgan fingerprint density at radius 1 is 1.04 bits per heavy atom. The van der Waals surface area contributed by atoms with E-state index >= 15 is 0 Å². The number of hydrogen-bond acceptors (Lipinski definition) is 5. The first-order valence-corrected chi connectivity index (χ1v) is 9.87. The molecule has 4 rings (SSSR count). The van der Waals surface area contributed by atoms with Crippen LogP contribution < -0.4 is 0 Å². The average molecular weight is 353 g/mol. The monoisotopic (exact) mass is 353 g/mol. The normalized spacial score (nSPS) is 29.3. The molecule has 3 saturated heterocycles. The first-order valence-electron chi connectivity index (χ1n) is 9.87. The smallest absolute Gasteiger partial charge is 0.309 e. The second kappa shape index (κ2) is 7.67. The maximum Gasteiger partial charge on any atom is 0.309 e. The van der Waals surface area contributed by atoms with Crippen LogP contribution in [0.3, 0.4) is 0 Å². The summed E-state index contributed by atoms with van der Waals surface area (Å²) in [5.74, 6) is -0.0150. The van der Waals surface area contributed by atoms with Crippen LogP contribution in [0.15, 0.2) is 30.3 Å². The van der Waals surface area contributed by atoms with E-state index in [0.717, 1.165) is 57.2 Å². The van der Waals surface area contributed by atoms with Crippen molar-refractivity contribution in [2.75, 3.05) is 13.1 Å². The lowest BCUT2D eigenvalue weighted by Gasteiger charge is -2.43. The fourth-order valence-corrected chi connectivity index (χ4v) is 4.96. The van der Waals surface area contributed by atoms with Crippen molar-refractivity contribution in [2.24, 2.45) is 5.92 Å². The molecule has 0 aliphatic carbocycles. The molecule has 5 nitrogen and oxygen atoms in total. The summed E-state index contributed by atoms with van der Waals surface area (Å²) < 4.78 is 5.52. The van der Waals surface area contributed by atoms with Crippen molar-refractivity contribution in [2.45, 2.75) is 63.3 Å². The summed E-state index contributed by atoms with van der Waals surface area (Å²) in [4.78, 5) is 17.0. The van der Waals surface area contributed by atoms with Crippen LogP contribution in [-0.4, -0.2) is 47.0 Å². The van der Waals surface area contributed by atoms with E-state index < -0.39 is 0 Å². The molecule has 1 aromatic carbocycles. The summed E-state index contributed by atoms with van der Waals surface area (Å²) in [6.07, 6.45) is 8.71. The predicted molar refractivity (Wildman–Crippen MR) is 97.8 cm³/mol. The number of piperidine rings is 2. The van der Waals surface area contributed by atoms with Crippen molar-refractivity contribution in [3.63, 3.8) is 0 Å². The number of esters is 1. The van der Waals surface area contributed by atoms with E-state index in [4.69, 9.17) is 4.74 Å². The second-order valence-electron chi connectivity index (χ2n) is 7.92. The fourth-order valence-electron chi connectivity index (χ4n) is 4.96. The largest absolute Gasteiger partial charge is 0.461 e. The van der Waals surface area contributed by atoms with E-state index in [-0.39, 0.29) is 11.9 Å². The third-order valence-corrected chi connectivity index (χ3v) is 6.43. The molecule has 0 radical (unpaired) electrons. The van der Waals surface area contributed by atoms with Gasteiger partial charge in [-0.2, -0.15) is 5.26 Å². The number of rotatable bonds is 4. The van der Waals surface area contributed by atoms with Crippen molar-refractivity contribution < 1.29 is 9.53 Å². The highest BCUT2D eigenvalue weighted by atomic mass is 16.5. The van der Waals surface area contributed by atoms with Crippen molar-refractivity contribution in [1.29, 1.82) is 5.26 Å². The van der Waals surface area contributed by atoms with E-state index in [9.17, 15) is 10.1 Å². The van der Waals surface area contributed by atoms with Crippen LogP contribution in [0.25, 0.3) is 0 Å². The Balaban J connectivity index is 1.24. The van der Waals surface area contributed by atoms with E-state index in [1.807, 2.05) is 35.2 Å². The molecule has 138 valence electrons. The number of likely N-dealkylation sites (tertiary alicyclic amines) is 1. The molecule has 3 aliphatic rings. The van der Waals surface area contributed by atoms with Crippen molar-refractivity contribution in [3.8, 4) is 6.19 Å². The number of ether oxygens (including phenoxy) is 1. The molecule has 0 unspecified atom stereocenters. The van der Waals surface area contributed by atoms with Gasteiger partial charge in [0.2, 0.25) is 0 Å². The fraction of sp³-hybridized carbons (Fsp3) is 0.619. The van der Waals surface area contributed by atoms with Crippen LogP contribution in [-0.2, 0) is 16.1 Å². The molecule has 5 heteroatoms. The van der Waals surface area contributed by atoms with Gasteiger partial charge in [0.25, 0.3) is 0 Å². The van der Waals surface area contributed by atoms with Gasteiger partial charge in [-0.25, -0.2) is 0 Å². The Morgan fingerprint density at radius 2 is 1.69 bits per heavy atom. The van der Waals surface area contributed by atoms with Crippen molar-refractivity contribution >= 4 is 5.97 Å². The van der Waals surface area contributed by atoms with E-state index in [2.05, 4.69) is 11.1 Å². The molecule has 3 atom stereocenters. The third-order valence-electron chi connectivity index (χ3n) is 6.43. The van der Waals surface area contributed by atoms with Gasteiger partial charge in [-0.05, 0) is 57.2 Å². The number of nitrogens with zero attached hydrogens (tertiary/aromatic N) is 3. The van der Waals surface area contributed by atoms with Gasteiger partial charge in [0.1, 0.15) is 6.61 Å². The lowest BCUT2D eigenvalue weighted by molar-refractivity contribution is -0.151. The summed E-state index contributed by atoms with van der Waals surface area (Å²) in [7, 11) is 0. The highest BCUT2D eigenvalue weighted by molar-refractivity contribution is 5.72. The maximum absolute atomic E-state index is 12.4. The zero-order valence-corrected chi connectivity index (χ0v) is 15.2.